The molecular weight excluding hydrogens is 310 g/mol. The predicted molar refractivity (Wildman–Crippen MR) is 101 cm³/mol. The summed E-state index contributed by atoms with van der Waals surface area (Å²) in [6, 6.07) is 1.59. The Kier molecular flexibility index (Phi) is 5.66. The normalized spacial score (nSPS) is 38.4. The first kappa shape index (κ1) is 17.8. The van der Waals surface area contributed by atoms with Crippen molar-refractivity contribution in [1.82, 2.24) is 10.2 Å². The van der Waals surface area contributed by atoms with E-state index in [1.165, 1.54) is 64.5 Å². The number of piperidine rings is 1. The summed E-state index contributed by atoms with van der Waals surface area (Å²) in [7, 11) is 0. The summed E-state index contributed by atoms with van der Waals surface area (Å²) in [4.78, 5) is 15.5. The zero-order chi connectivity index (χ0) is 17.2. The molecule has 0 aromatic heterocycles. The van der Waals surface area contributed by atoms with Crippen molar-refractivity contribution >= 4 is 5.91 Å². The van der Waals surface area contributed by atoms with Gasteiger partial charge in [0.05, 0.1) is 0 Å². The molecule has 2 unspecified atom stereocenters. The molecule has 0 spiro atoms. The van der Waals surface area contributed by atoms with Crippen molar-refractivity contribution in [1.29, 1.82) is 0 Å². The third-order valence-electron chi connectivity index (χ3n) is 7.75. The van der Waals surface area contributed by atoms with Crippen LogP contribution in [0.1, 0.15) is 77.0 Å². The summed E-state index contributed by atoms with van der Waals surface area (Å²) in [5, 5.41) is 3.41. The number of carbonyl (C=O) groups is 1. The van der Waals surface area contributed by atoms with Crippen molar-refractivity contribution in [2.45, 2.75) is 95.2 Å². The first-order valence-electron chi connectivity index (χ1n) is 11.0. The fourth-order valence-electron chi connectivity index (χ4n) is 6.18. The molecule has 2 bridgehead atoms. The highest BCUT2D eigenvalue weighted by Gasteiger charge is 2.41. The summed E-state index contributed by atoms with van der Waals surface area (Å²) in [5.74, 6) is 1.75. The summed E-state index contributed by atoms with van der Waals surface area (Å²) in [6.45, 7) is 2.35. The van der Waals surface area contributed by atoms with Gasteiger partial charge in [-0.05, 0) is 63.2 Å². The second-order valence-corrected chi connectivity index (χ2v) is 9.31. The van der Waals surface area contributed by atoms with Gasteiger partial charge in [-0.3, -0.25) is 4.79 Å². The highest BCUT2D eigenvalue weighted by atomic mass is 16.1. The molecule has 4 heteroatoms. The van der Waals surface area contributed by atoms with Crippen molar-refractivity contribution in [2.24, 2.45) is 23.5 Å². The summed E-state index contributed by atoms with van der Waals surface area (Å²) in [6.07, 6.45) is 15.2. The molecule has 4 fully saturated rings. The van der Waals surface area contributed by atoms with Crippen LogP contribution in [0.4, 0.5) is 0 Å². The van der Waals surface area contributed by atoms with E-state index in [9.17, 15) is 4.79 Å². The van der Waals surface area contributed by atoms with Crippen LogP contribution < -0.4 is 11.1 Å². The van der Waals surface area contributed by atoms with Gasteiger partial charge in [0.1, 0.15) is 0 Å². The molecule has 142 valence electrons. The molecule has 0 aromatic carbocycles. The molecule has 3 N–H and O–H groups in total. The van der Waals surface area contributed by atoms with Crippen molar-refractivity contribution in [3.63, 3.8) is 0 Å². The highest BCUT2D eigenvalue weighted by molar-refractivity contribution is 5.79. The minimum Gasteiger partial charge on any atom is -0.353 e. The van der Waals surface area contributed by atoms with Crippen LogP contribution in [0.25, 0.3) is 0 Å². The Labute approximate surface area is 153 Å². The minimum atomic E-state index is 0.228. The molecule has 3 saturated carbocycles. The Morgan fingerprint density at radius 3 is 2.12 bits per heavy atom. The summed E-state index contributed by atoms with van der Waals surface area (Å²) < 4.78 is 0. The van der Waals surface area contributed by atoms with Gasteiger partial charge in [-0.1, -0.05) is 25.7 Å². The van der Waals surface area contributed by atoms with Crippen LogP contribution >= 0.6 is 0 Å². The maximum Gasteiger partial charge on any atom is 0.223 e. The van der Waals surface area contributed by atoms with E-state index in [0.717, 1.165) is 31.7 Å². The molecule has 1 amide bonds. The van der Waals surface area contributed by atoms with E-state index in [0.29, 0.717) is 29.8 Å². The fourth-order valence-corrected chi connectivity index (χ4v) is 6.18. The standard InChI is InChI=1S/C21H37N3O/c22-20-15-5-4-6-16(20)14-17(13-15)21(25)23-18-9-11-24(12-10-18)19-7-2-1-3-8-19/h15-20H,1-14,22H2,(H,23,25). The van der Waals surface area contributed by atoms with Crippen LogP contribution in [0.5, 0.6) is 0 Å². The maximum absolute atomic E-state index is 12.8. The smallest absolute Gasteiger partial charge is 0.223 e. The zero-order valence-electron chi connectivity index (χ0n) is 15.8. The monoisotopic (exact) mass is 347 g/mol. The van der Waals surface area contributed by atoms with E-state index in [2.05, 4.69) is 10.2 Å². The average Bonchev–Trinajstić information content (AvgIpc) is 2.63. The van der Waals surface area contributed by atoms with E-state index in [4.69, 9.17) is 5.73 Å². The zero-order valence-corrected chi connectivity index (χ0v) is 15.8. The fraction of sp³-hybridized carbons (Fsp3) is 0.952. The van der Waals surface area contributed by atoms with Gasteiger partial charge >= 0.3 is 0 Å². The van der Waals surface area contributed by atoms with Gasteiger partial charge in [0, 0.05) is 37.1 Å². The number of nitrogens with two attached hydrogens (primary N) is 1. The van der Waals surface area contributed by atoms with Gasteiger partial charge in [0.2, 0.25) is 5.91 Å². The molecule has 0 radical (unpaired) electrons. The third-order valence-corrected chi connectivity index (χ3v) is 7.75. The Hall–Kier alpha value is -0.610. The number of fused-ring (bicyclic) bond motifs is 2. The number of nitrogens with zero attached hydrogens (tertiary/aromatic N) is 1. The predicted octanol–water partition coefficient (Wildman–Crippen LogP) is 3.05. The Bertz CT molecular complexity index is 440. The molecule has 4 rings (SSSR count). The Morgan fingerprint density at radius 2 is 1.48 bits per heavy atom. The molecule has 2 atom stereocenters. The van der Waals surface area contributed by atoms with Crippen molar-refractivity contribution in [2.75, 3.05) is 13.1 Å². The number of hydrogen-bond acceptors (Lipinski definition) is 3. The topological polar surface area (TPSA) is 58.4 Å². The van der Waals surface area contributed by atoms with Gasteiger partial charge in [0.15, 0.2) is 0 Å². The Morgan fingerprint density at radius 1 is 0.840 bits per heavy atom. The molecule has 3 aliphatic carbocycles. The number of hydrogen-bond donors (Lipinski definition) is 2. The first-order valence-corrected chi connectivity index (χ1v) is 11.0. The molecule has 1 aliphatic heterocycles. The van der Waals surface area contributed by atoms with Gasteiger partial charge < -0.3 is 16.0 Å². The van der Waals surface area contributed by atoms with Crippen LogP contribution in [0.15, 0.2) is 0 Å². The molecule has 4 nitrogen and oxygen atoms in total. The van der Waals surface area contributed by atoms with Crippen molar-refractivity contribution < 1.29 is 4.79 Å². The molecule has 1 heterocycles. The largest absolute Gasteiger partial charge is 0.353 e. The number of carbonyl (C=O) groups excluding carboxylic acids is 1. The van der Waals surface area contributed by atoms with Crippen LogP contribution in [-0.2, 0) is 4.79 Å². The first-order chi connectivity index (χ1) is 12.2. The van der Waals surface area contributed by atoms with E-state index in [-0.39, 0.29) is 5.92 Å². The lowest BCUT2D eigenvalue weighted by atomic mass is 9.65. The van der Waals surface area contributed by atoms with Crippen LogP contribution in [0, 0.1) is 17.8 Å². The highest BCUT2D eigenvalue weighted by Crippen LogP contribution is 2.42. The van der Waals surface area contributed by atoms with Crippen LogP contribution in [0.2, 0.25) is 0 Å². The molecule has 1 saturated heterocycles. The van der Waals surface area contributed by atoms with Gasteiger partial charge in [-0.25, -0.2) is 0 Å². The van der Waals surface area contributed by atoms with E-state index in [1.54, 1.807) is 0 Å². The minimum absolute atomic E-state index is 0.228. The molecule has 4 aliphatic rings. The summed E-state index contributed by atoms with van der Waals surface area (Å²) >= 11 is 0. The van der Waals surface area contributed by atoms with Gasteiger partial charge in [0.25, 0.3) is 0 Å². The van der Waals surface area contributed by atoms with E-state index < -0.39 is 0 Å². The lowest BCUT2D eigenvalue weighted by molar-refractivity contribution is -0.129. The quantitative estimate of drug-likeness (QED) is 0.825. The maximum atomic E-state index is 12.8. The summed E-state index contributed by atoms with van der Waals surface area (Å²) in [5.41, 5.74) is 6.38. The number of rotatable bonds is 3. The van der Waals surface area contributed by atoms with E-state index in [1.807, 2.05) is 0 Å². The average molecular weight is 348 g/mol. The van der Waals surface area contributed by atoms with Gasteiger partial charge in [-0.2, -0.15) is 0 Å². The van der Waals surface area contributed by atoms with Crippen molar-refractivity contribution in [3.05, 3.63) is 0 Å². The molecule has 25 heavy (non-hydrogen) atoms. The lowest BCUT2D eigenvalue weighted by Gasteiger charge is -2.44. The van der Waals surface area contributed by atoms with Crippen LogP contribution in [0.3, 0.4) is 0 Å². The number of amides is 1. The van der Waals surface area contributed by atoms with Crippen LogP contribution in [-0.4, -0.2) is 42.0 Å². The molecular formula is C21H37N3O. The van der Waals surface area contributed by atoms with E-state index >= 15 is 0 Å². The van der Waals surface area contributed by atoms with Gasteiger partial charge in [-0.15, -0.1) is 0 Å². The second kappa shape index (κ2) is 7.96. The van der Waals surface area contributed by atoms with Crippen molar-refractivity contribution in [3.8, 4) is 0 Å². The lowest BCUT2D eigenvalue weighted by Crippen LogP contribution is -2.52. The SMILES string of the molecule is NC1C2CCCC1CC(C(=O)NC1CCN(C3CCCCC3)CC1)C2. The Balaban J connectivity index is 1.24. The third kappa shape index (κ3) is 4.05. The molecule has 0 aromatic rings. The number of likely N-dealkylation sites (tertiary alicyclic amines) is 1. The second-order valence-electron chi connectivity index (χ2n) is 9.31. The number of nitrogens with one attached hydrogen (secondary N) is 1.